The molecule has 3 rings (SSSR count). The Labute approximate surface area is 150 Å². The normalized spacial score (nSPS) is 10.7. The average molecular weight is 331 g/mol. The number of rotatable bonds is 7. The summed E-state index contributed by atoms with van der Waals surface area (Å²) in [4.78, 5) is 0. The van der Waals surface area contributed by atoms with E-state index in [2.05, 4.69) is 67.7 Å². The van der Waals surface area contributed by atoms with E-state index in [9.17, 15) is 0 Å². The maximum absolute atomic E-state index is 5.82. The van der Waals surface area contributed by atoms with E-state index in [1.807, 2.05) is 30.3 Å². The summed E-state index contributed by atoms with van der Waals surface area (Å²) >= 11 is 0. The van der Waals surface area contributed by atoms with Gasteiger partial charge in [-0.1, -0.05) is 68.4 Å². The number of anilines is 1. The quantitative estimate of drug-likeness (QED) is 0.573. The second-order valence-corrected chi connectivity index (χ2v) is 6.55. The summed E-state index contributed by atoms with van der Waals surface area (Å²) in [6.45, 7) is 5.83. The van der Waals surface area contributed by atoms with E-state index in [1.54, 1.807) is 0 Å². The second kappa shape index (κ2) is 8.39. The Kier molecular flexibility index (Phi) is 5.73. The summed E-state index contributed by atoms with van der Waals surface area (Å²) in [5.41, 5.74) is 4.93. The smallest absolute Gasteiger partial charge is 0.119 e. The molecule has 25 heavy (non-hydrogen) atoms. The van der Waals surface area contributed by atoms with Gasteiger partial charge in [0.2, 0.25) is 0 Å². The van der Waals surface area contributed by atoms with Crippen LogP contribution in [0, 0.1) is 0 Å². The van der Waals surface area contributed by atoms with Gasteiger partial charge >= 0.3 is 0 Å². The van der Waals surface area contributed by atoms with Crippen LogP contribution in [0.5, 0.6) is 5.75 Å². The first-order valence-corrected chi connectivity index (χ1v) is 8.80. The fourth-order valence-corrected chi connectivity index (χ4v) is 2.63. The molecule has 3 aromatic carbocycles. The van der Waals surface area contributed by atoms with E-state index in [4.69, 9.17) is 4.74 Å². The minimum atomic E-state index is 0.567. The third kappa shape index (κ3) is 5.12. The zero-order valence-corrected chi connectivity index (χ0v) is 14.9. The number of benzene rings is 3. The number of ether oxygens (including phenoxy) is 1. The largest absolute Gasteiger partial charge is 0.489 e. The predicted molar refractivity (Wildman–Crippen MR) is 105 cm³/mol. The molecule has 0 fully saturated rings. The molecule has 2 nitrogen and oxygen atoms in total. The Morgan fingerprint density at radius 2 is 1.44 bits per heavy atom. The standard InChI is InChI=1S/C23H25NO/c1-18(2)21-10-12-22(13-11-21)24-16-19-8-14-23(15-9-19)25-17-20-6-4-3-5-7-20/h3-15,18,24H,16-17H2,1-2H3. The summed E-state index contributed by atoms with van der Waals surface area (Å²) in [5, 5.41) is 3.46. The highest BCUT2D eigenvalue weighted by Gasteiger charge is 2.00. The molecule has 0 saturated carbocycles. The van der Waals surface area contributed by atoms with Crippen LogP contribution in [0.2, 0.25) is 0 Å². The molecule has 0 bridgehead atoms. The Balaban J connectivity index is 1.50. The fraction of sp³-hybridized carbons (Fsp3) is 0.217. The molecule has 0 amide bonds. The summed E-state index contributed by atoms with van der Waals surface area (Å²) < 4.78 is 5.82. The van der Waals surface area contributed by atoms with E-state index in [-0.39, 0.29) is 0 Å². The van der Waals surface area contributed by atoms with Crippen LogP contribution in [0.3, 0.4) is 0 Å². The van der Waals surface area contributed by atoms with Crippen molar-refractivity contribution >= 4 is 5.69 Å². The number of nitrogens with one attached hydrogen (secondary N) is 1. The van der Waals surface area contributed by atoms with Crippen molar-refractivity contribution in [1.29, 1.82) is 0 Å². The molecule has 0 aliphatic carbocycles. The lowest BCUT2D eigenvalue weighted by Gasteiger charge is -2.10. The van der Waals surface area contributed by atoms with Gasteiger partial charge < -0.3 is 10.1 Å². The molecule has 0 aliphatic heterocycles. The lowest BCUT2D eigenvalue weighted by atomic mass is 10.0. The molecule has 3 aromatic rings. The van der Waals surface area contributed by atoms with Crippen LogP contribution < -0.4 is 10.1 Å². The number of hydrogen-bond donors (Lipinski definition) is 1. The van der Waals surface area contributed by atoms with Gasteiger partial charge in [0.25, 0.3) is 0 Å². The van der Waals surface area contributed by atoms with Crippen LogP contribution in [0.15, 0.2) is 78.9 Å². The van der Waals surface area contributed by atoms with Crippen molar-refractivity contribution in [3.63, 3.8) is 0 Å². The maximum Gasteiger partial charge on any atom is 0.119 e. The average Bonchev–Trinajstić information content (AvgIpc) is 2.67. The minimum Gasteiger partial charge on any atom is -0.489 e. The van der Waals surface area contributed by atoms with Gasteiger partial charge in [-0.25, -0.2) is 0 Å². The van der Waals surface area contributed by atoms with Crippen LogP contribution in [-0.2, 0) is 13.2 Å². The van der Waals surface area contributed by atoms with Gasteiger partial charge in [-0.15, -0.1) is 0 Å². The van der Waals surface area contributed by atoms with Crippen LogP contribution in [-0.4, -0.2) is 0 Å². The SMILES string of the molecule is CC(C)c1ccc(NCc2ccc(OCc3ccccc3)cc2)cc1. The van der Waals surface area contributed by atoms with Gasteiger partial charge in [0.1, 0.15) is 12.4 Å². The maximum atomic E-state index is 5.82. The van der Waals surface area contributed by atoms with Gasteiger partial charge in [0, 0.05) is 12.2 Å². The highest BCUT2D eigenvalue weighted by molar-refractivity contribution is 5.46. The number of hydrogen-bond acceptors (Lipinski definition) is 2. The van der Waals surface area contributed by atoms with Crippen molar-refractivity contribution in [3.05, 3.63) is 95.6 Å². The Hall–Kier alpha value is -2.74. The van der Waals surface area contributed by atoms with Gasteiger partial charge in [0.05, 0.1) is 0 Å². The summed E-state index contributed by atoms with van der Waals surface area (Å²) in [5.74, 6) is 1.46. The molecule has 0 radical (unpaired) electrons. The molecule has 0 unspecified atom stereocenters. The van der Waals surface area contributed by atoms with Crippen LogP contribution in [0.1, 0.15) is 36.5 Å². The molecule has 0 aromatic heterocycles. The molecular formula is C23H25NO. The van der Waals surface area contributed by atoms with Crippen LogP contribution >= 0.6 is 0 Å². The van der Waals surface area contributed by atoms with Crippen LogP contribution in [0.25, 0.3) is 0 Å². The van der Waals surface area contributed by atoms with Crippen molar-refractivity contribution in [2.45, 2.75) is 32.9 Å². The zero-order valence-electron chi connectivity index (χ0n) is 14.9. The van der Waals surface area contributed by atoms with Crippen molar-refractivity contribution in [1.82, 2.24) is 0 Å². The second-order valence-electron chi connectivity index (χ2n) is 6.55. The van der Waals surface area contributed by atoms with E-state index in [1.165, 1.54) is 16.7 Å². The Morgan fingerprint density at radius 1 is 0.760 bits per heavy atom. The topological polar surface area (TPSA) is 21.3 Å². The monoisotopic (exact) mass is 331 g/mol. The first kappa shape index (κ1) is 17.1. The van der Waals surface area contributed by atoms with E-state index in [0.717, 1.165) is 18.0 Å². The molecule has 2 heteroatoms. The van der Waals surface area contributed by atoms with E-state index >= 15 is 0 Å². The van der Waals surface area contributed by atoms with Gasteiger partial charge in [0.15, 0.2) is 0 Å². The molecule has 0 spiro atoms. The Morgan fingerprint density at radius 3 is 2.08 bits per heavy atom. The van der Waals surface area contributed by atoms with Crippen molar-refractivity contribution in [2.75, 3.05) is 5.32 Å². The molecule has 128 valence electrons. The molecule has 0 heterocycles. The molecule has 0 atom stereocenters. The summed E-state index contributed by atoms with van der Waals surface area (Å²) in [6, 6.07) is 27.2. The predicted octanol–water partition coefficient (Wildman–Crippen LogP) is 6.00. The van der Waals surface area contributed by atoms with Crippen molar-refractivity contribution in [2.24, 2.45) is 0 Å². The lowest BCUT2D eigenvalue weighted by molar-refractivity contribution is 0.306. The third-order valence-electron chi connectivity index (χ3n) is 4.25. The Bertz CT molecular complexity index is 761. The van der Waals surface area contributed by atoms with Gasteiger partial charge in [-0.05, 0) is 46.9 Å². The lowest BCUT2D eigenvalue weighted by Crippen LogP contribution is -2.00. The van der Waals surface area contributed by atoms with E-state index in [0.29, 0.717) is 12.5 Å². The van der Waals surface area contributed by atoms with Crippen LogP contribution in [0.4, 0.5) is 5.69 Å². The van der Waals surface area contributed by atoms with Crippen molar-refractivity contribution in [3.8, 4) is 5.75 Å². The molecular weight excluding hydrogens is 306 g/mol. The van der Waals surface area contributed by atoms with E-state index < -0.39 is 0 Å². The zero-order chi connectivity index (χ0) is 17.5. The third-order valence-corrected chi connectivity index (χ3v) is 4.25. The van der Waals surface area contributed by atoms with Gasteiger partial charge in [-0.2, -0.15) is 0 Å². The summed E-state index contributed by atoms with van der Waals surface area (Å²) in [7, 11) is 0. The molecule has 0 saturated heterocycles. The minimum absolute atomic E-state index is 0.567. The molecule has 1 N–H and O–H groups in total. The first-order valence-electron chi connectivity index (χ1n) is 8.80. The fourth-order valence-electron chi connectivity index (χ4n) is 2.63. The van der Waals surface area contributed by atoms with Gasteiger partial charge in [-0.3, -0.25) is 0 Å². The first-order chi connectivity index (χ1) is 12.2. The summed E-state index contributed by atoms with van der Waals surface area (Å²) in [6.07, 6.45) is 0. The highest BCUT2D eigenvalue weighted by Crippen LogP contribution is 2.19. The molecule has 0 aliphatic rings. The van der Waals surface area contributed by atoms with Crippen molar-refractivity contribution < 1.29 is 4.74 Å². The highest BCUT2D eigenvalue weighted by atomic mass is 16.5.